The Bertz CT molecular complexity index is 1650. The molecule has 2 aromatic heterocycles. The molecule has 0 bridgehead atoms. The second kappa shape index (κ2) is 12.1. The third-order valence-electron chi connectivity index (χ3n) is 8.32. The van der Waals surface area contributed by atoms with Crippen LogP contribution in [0.15, 0.2) is 55.0 Å². The number of nitrogens with zero attached hydrogens (tertiary/aromatic N) is 6. The lowest BCUT2D eigenvalue weighted by Crippen LogP contribution is -2.50. The van der Waals surface area contributed by atoms with Crippen molar-refractivity contribution in [2.24, 2.45) is 0 Å². The number of hydrogen-bond acceptors (Lipinski definition) is 9. The van der Waals surface area contributed by atoms with E-state index < -0.39 is 11.5 Å². The third kappa shape index (κ3) is 6.32. The zero-order valence-corrected chi connectivity index (χ0v) is 26.5. The maximum absolute atomic E-state index is 12.5. The molecule has 4 aromatic rings. The topological polar surface area (TPSA) is 117 Å². The van der Waals surface area contributed by atoms with Gasteiger partial charge in [-0.05, 0) is 63.8 Å². The first-order chi connectivity index (χ1) is 21.0. The molecule has 11 heteroatoms. The summed E-state index contributed by atoms with van der Waals surface area (Å²) in [6.45, 7) is 10.1. The van der Waals surface area contributed by atoms with Crippen molar-refractivity contribution in [2.45, 2.75) is 58.1 Å². The molecule has 2 aliphatic rings. The summed E-state index contributed by atoms with van der Waals surface area (Å²) < 4.78 is 7.51. The maximum Gasteiger partial charge on any atom is 0.410 e. The number of ether oxygens (including phenoxy) is 1. The monoisotopic (exact) mass is 616 g/mol. The lowest BCUT2D eigenvalue weighted by molar-refractivity contribution is -0.273. The lowest BCUT2D eigenvalue weighted by Gasteiger charge is -2.37. The van der Waals surface area contributed by atoms with Crippen molar-refractivity contribution in [3.8, 4) is 22.4 Å². The summed E-state index contributed by atoms with van der Waals surface area (Å²) in [5.74, 6) is -0.255. The molecular formula is C33H40N6O4S. The summed E-state index contributed by atoms with van der Waals surface area (Å²) >= 11 is 1.83. The summed E-state index contributed by atoms with van der Waals surface area (Å²) in [6, 6.07) is 11.7. The first-order valence-corrected chi connectivity index (χ1v) is 16.3. The van der Waals surface area contributed by atoms with E-state index in [0.717, 1.165) is 63.3 Å². The van der Waals surface area contributed by atoms with Gasteiger partial charge >= 0.3 is 6.09 Å². The molecule has 4 heterocycles. The van der Waals surface area contributed by atoms with E-state index >= 15 is 0 Å². The van der Waals surface area contributed by atoms with E-state index in [1.54, 1.807) is 22.1 Å². The van der Waals surface area contributed by atoms with Crippen LogP contribution in [0.5, 0.6) is 0 Å². The number of aryl methyl sites for hydroxylation is 1. The molecule has 0 unspecified atom stereocenters. The van der Waals surface area contributed by atoms with Gasteiger partial charge in [-0.3, -0.25) is 9.67 Å². The zero-order valence-electron chi connectivity index (χ0n) is 25.7. The summed E-state index contributed by atoms with van der Waals surface area (Å²) in [4.78, 5) is 25.7. The van der Waals surface area contributed by atoms with Crippen LogP contribution < -0.4 is 0 Å². The number of likely N-dealkylation sites (tertiary alicyclic amines) is 1. The Kier molecular flexibility index (Phi) is 8.40. The van der Waals surface area contributed by atoms with E-state index in [9.17, 15) is 15.0 Å². The lowest BCUT2D eigenvalue weighted by atomic mass is 9.95. The van der Waals surface area contributed by atoms with Gasteiger partial charge in [-0.2, -0.15) is 16.9 Å². The van der Waals surface area contributed by atoms with Crippen LogP contribution in [0.25, 0.3) is 33.4 Å². The van der Waals surface area contributed by atoms with Crippen molar-refractivity contribution in [2.75, 3.05) is 37.7 Å². The fourth-order valence-electron chi connectivity index (χ4n) is 5.93. The Balaban J connectivity index is 1.22. The van der Waals surface area contributed by atoms with E-state index in [1.807, 2.05) is 86.9 Å². The maximum atomic E-state index is 12.5. The fourth-order valence-corrected chi connectivity index (χ4v) is 6.83. The van der Waals surface area contributed by atoms with Gasteiger partial charge in [0.05, 0.1) is 35.2 Å². The first kappa shape index (κ1) is 30.5. The van der Waals surface area contributed by atoms with E-state index in [1.165, 1.54) is 0 Å². The van der Waals surface area contributed by atoms with Crippen molar-refractivity contribution in [3.63, 3.8) is 0 Å². The average Bonchev–Trinajstić information content (AvgIpc) is 3.51. The van der Waals surface area contributed by atoms with Crippen LogP contribution in [0, 0.1) is 6.92 Å². The minimum absolute atomic E-state index is 0.182. The average molecular weight is 617 g/mol. The van der Waals surface area contributed by atoms with Crippen LogP contribution >= 0.6 is 11.8 Å². The standard InChI is InChI=1S/C33H40N6O4S/c1-22-18-24(33(41,42)38-14-16-44-17-15-38)8-9-26(22)27-6-5-7-28-30(27)36-29(20-34-28)23-19-35-39(21-23)25-10-12-37(13-11-25)31(40)43-32(2,3)4/h5-9,18-21,25,41-42H,10-17H2,1-4H3. The highest BCUT2D eigenvalue weighted by molar-refractivity contribution is 7.99. The van der Waals surface area contributed by atoms with Crippen LogP contribution in [-0.2, 0) is 10.6 Å². The Morgan fingerprint density at radius 1 is 1.00 bits per heavy atom. The van der Waals surface area contributed by atoms with Crippen molar-refractivity contribution in [3.05, 3.63) is 66.1 Å². The van der Waals surface area contributed by atoms with Crippen LogP contribution in [0.3, 0.4) is 0 Å². The molecule has 0 atom stereocenters. The molecule has 10 nitrogen and oxygen atoms in total. The molecule has 2 aliphatic heterocycles. The van der Waals surface area contributed by atoms with E-state index in [2.05, 4.69) is 5.10 Å². The highest BCUT2D eigenvalue weighted by Gasteiger charge is 2.35. The molecule has 44 heavy (non-hydrogen) atoms. The first-order valence-electron chi connectivity index (χ1n) is 15.2. The molecule has 2 aromatic carbocycles. The number of hydrogen-bond donors (Lipinski definition) is 2. The highest BCUT2D eigenvalue weighted by Crippen LogP contribution is 2.34. The molecule has 6 rings (SSSR count). The second-order valence-corrected chi connectivity index (χ2v) is 13.8. The van der Waals surface area contributed by atoms with E-state index in [-0.39, 0.29) is 12.1 Å². The Hall–Kier alpha value is -3.51. The van der Waals surface area contributed by atoms with Gasteiger partial charge in [-0.15, -0.1) is 0 Å². The zero-order chi connectivity index (χ0) is 31.1. The fraction of sp³-hybridized carbons (Fsp3) is 0.455. The van der Waals surface area contributed by atoms with Crippen LogP contribution in [-0.4, -0.2) is 89.1 Å². The van der Waals surface area contributed by atoms with Crippen molar-refractivity contribution >= 4 is 28.9 Å². The van der Waals surface area contributed by atoms with E-state index in [0.29, 0.717) is 31.7 Å². The van der Waals surface area contributed by atoms with Gasteiger partial charge in [0, 0.05) is 60.6 Å². The molecule has 2 N–H and O–H groups in total. The van der Waals surface area contributed by atoms with Crippen LogP contribution in [0.2, 0.25) is 0 Å². The number of para-hydroxylation sites is 1. The van der Waals surface area contributed by atoms with Gasteiger partial charge in [-0.1, -0.05) is 24.3 Å². The highest BCUT2D eigenvalue weighted by atomic mass is 32.2. The molecule has 0 radical (unpaired) electrons. The molecule has 0 saturated carbocycles. The van der Waals surface area contributed by atoms with Crippen LogP contribution in [0.1, 0.15) is 50.8 Å². The number of fused-ring (bicyclic) bond motifs is 1. The summed E-state index contributed by atoms with van der Waals surface area (Å²) in [7, 11) is 0. The molecular weight excluding hydrogens is 576 g/mol. The number of amides is 1. The molecule has 232 valence electrons. The van der Waals surface area contributed by atoms with Gasteiger partial charge in [0.15, 0.2) is 0 Å². The Morgan fingerprint density at radius 2 is 1.75 bits per heavy atom. The summed E-state index contributed by atoms with van der Waals surface area (Å²) in [5, 5.41) is 26.7. The number of aliphatic hydroxyl groups is 2. The van der Waals surface area contributed by atoms with Crippen molar-refractivity contribution in [1.82, 2.24) is 29.5 Å². The van der Waals surface area contributed by atoms with Gasteiger partial charge in [0.2, 0.25) is 0 Å². The van der Waals surface area contributed by atoms with Gasteiger partial charge < -0.3 is 19.8 Å². The smallest absolute Gasteiger partial charge is 0.410 e. The molecule has 0 spiro atoms. The minimum Gasteiger partial charge on any atom is -0.444 e. The normalized spacial score (nSPS) is 17.3. The minimum atomic E-state index is -2.01. The number of piperidine rings is 1. The predicted octanol–water partition coefficient (Wildman–Crippen LogP) is 5.18. The molecule has 2 saturated heterocycles. The van der Waals surface area contributed by atoms with Crippen LogP contribution in [0.4, 0.5) is 4.79 Å². The second-order valence-electron chi connectivity index (χ2n) is 12.6. The van der Waals surface area contributed by atoms with Crippen molar-refractivity contribution < 1.29 is 19.7 Å². The number of rotatable bonds is 5. The Morgan fingerprint density at radius 3 is 2.45 bits per heavy atom. The third-order valence-corrected chi connectivity index (χ3v) is 9.26. The molecule has 0 aliphatic carbocycles. The number of thioether (sulfide) groups is 1. The number of benzene rings is 2. The number of aromatic nitrogens is 4. The molecule has 2 fully saturated rings. The van der Waals surface area contributed by atoms with Gasteiger partial charge in [0.25, 0.3) is 5.91 Å². The van der Waals surface area contributed by atoms with Gasteiger partial charge in [0.1, 0.15) is 5.60 Å². The quantitative estimate of drug-likeness (QED) is 0.293. The number of carbonyl (C=O) groups excluding carboxylic acids is 1. The van der Waals surface area contributed by atoms with Gasteiger partial charge in [-0.25, -0.2) is 14.7 Å². The summed E-state index contributed by atoms with van der Waals surface area (Å²) in [6.07, 6.45) is 6.92. The largest absolute Gasteiger partial charge is 0.444 e. The SMILES string of the molecule is Cc1cc(C(O)(O)N2CCSCC2)ccc1-c1cccc2ncc(-c3cnn(C4CCN(C(=O)OC(C)(C)C)CC4)c3)nc12. The Labute approximate surface area is 262 Å². The van der Waals surface area contributed by atoms with Crippen molar-refractivity contribution in [1.29, 1.82) is 0 Å². The molecule has 1 amide bonds. The van der Waals surface area contributed by atoms with E-state index in [4.69, 9.17) is 14.7 Å². The summed E-state index contributed by atoms with van der Waals surface area (Å²) in [5.41, 5.74) is 5.92. The number of carbonyl (C=O) groups is 1. The predicted molar refractivity (Wildman–Crippen MR) is 172 cm³/mol.